The van der Waals surface area contributed by atoms with Crippen LogP contribution in [-0.2, 0) is 0 Å². The molecule has 0 bridgehead atoms. The Balaban J connectivity index is 2.17. The summed E-state index contributed by atoms with van der Waals surface area (Å²) in [6.45, 7) is 0. The summed E-state index contributed by atoms with van der Waals surface area (Å²) in [5, 5.41) is 21.3. The molecule has 9 heteroatoms. The van der Waals surface area contributed by atoms with Crippen LogP contribution in [0.1, 0.15) is 5.56 Å². The first kappa shape index (κ1) is 12.7. The topological polar surface area (TPSA) is 101 Å². The van der Waals surface area contributed by atoms with Crippen molar-refractivity contribution < 1.29 is 5.11 Å². The molecule has 7 nitrogen and oxygen atoms in total. The molecule has 0 fully saturated rings. The lowest BCUT2D eigenvalue weighted by atomic mass is 10.2. The SMILES string of the molecule is Nn1cnnc1NN=Cc1cc(Cl)cc(Br)c1O. The summed E-state index contributed by atoms with van der Waals surface area (Å²) >= 11 is 9.03. The Kier molecular flexibility index (Phi) is 3.68. The van der Waals surface area contributed by atoms with Gasteiger partial charge in [-0.2, -0.15) is 5.10 Å². The molecule has 1 aromatic carbocycles. The van der Waals surface area contributed by atoms with Gasteiger partial charge in [-0.3, -0.25) is 0 Å². The Morgan fingerprint density at radius 2 is 2.33 bits per heavy atom. The molecule has 0 spiro atoms. The molecule has 94 valence electrons. The first-order chi connectivity index (χ1) is 8.58. The Morgan fingerprint density at radius 1 is 1.56 bits per heavy atom. The number of halogens is 2. The van der Waals surface area contributed by atoms with E-state index in [1.54, 1.807) is 12.1 Å². The molecule has 4 N–H and O–H groups in total. The zero-order valence-corrected chi connectivity index (χ0v) is 11.2. The summed E-state index contributed by atoms with van der Waals surface area (Å²) in [6, 6.07) is 3.15. The smallest absolute Gasteiger partial charge is 0.263 e. The summed E-state index contributed by atoms with van der Waals surface area (Å²) in [4.78, 5) is 0. The molecule has 0 unspecified atom stereocenters. The lowest BCUT2D eigenvalue weighted by Crippen LogP contribution is -2.10. The van der Waals surface area contributed by atoms with E-state index >= 15 is 0 Å². The van der Waals surface area contributed by atoms with Crippen molar-refractivity contribution in [3.63, 3.8) is 0 Å². The van der Waals surface area contributed by atoms with Gasteiger partial charge >= 0.3 is 0 Å². The Hall–Kier alpha value is -1.80. The molecule has 1 aromatic heterocycles. The summed E-state index contributed by atoms with van der Waals surface area (Å²) in [5.41, 5.74) is 3.02. The third kappa shape index (κ3) is 2.71. The van der Waals surface area contributed by atoms with Crippen molar-refractivity contribution in [1.82, 2.24) is 14.9 Å². The van der Waals surface area contributed by atoms with Crippen LogP contribution in [0.5, 0.6) is 5.75 Å². The van der Waals surface area contributed by atoms with Gasteiger partial charge < -0.3 is 10.9 Å². The zero-order valence-electron chi connectivity index (χ0n) is 8.88. The van der Waals surface area contributed by atoms with Gasteiger partial charge in [0, 0.05) is 10.6 Å². The number of nitrogens with two attached hydrogens (primary N) is 1. The fourth-order valence-corrected chi connectivity index (χ4v) is 2.00. The molecular weight excluding hydrogens is 323 g/mol. The van der Waals surface area contributed by atoms with E-state index in [0.717, 1.165) is 0 Å². The van der Waals surface area contributed by atoms with Crippen LogP contribution in [0.2, 0.25) is 5.02 Å². The minimum absolute atomic E-state index is 0.0409. The number of aromatic nitrogens is 3. The molecule has 0 radical (unpaired) electrons. The fourth-order valence-electron chi connectivity index (χ4n) is 1.17. The van der Waals surface area contributed by atoms with Crippen molar-refractivity contribution in [3.05, 3.63) is 33.5 Å². The van der Waals surface area contributed by atoms with E-state index in [4.69, 9.17) is 17.4 Å². The van der Waals surface area contributed by atoms with Crippen molar-refractivity contribution >= 4 is 39.7 Å². The minimum atomic E-state index is 0.0409. The Labute approximate surface area is 115 Å². The van der Waals surface area contributed by atoms with Gasteiger partial charge in [0.2, 0.25) is 0 Å². The lowest BCUT2D eigenvalue weighted by molar-refractivity contribution is 0.471. The third-order valence-electron chi connectivity index (χ3n) is 2.00. The standard InChI is InChI=1S/C9H8BrClN6O/c10-7-2-6(11)1-5(8(7)18)3-13-15-9-16-14-4-17(9)12/h1-4,18H,12H2,(H,15,16). The highest BCUT2D eigenvalue weighted by molar-refractivity contribution is 9.10. The Bertz CT molecular complexity index is 599. The van der Waals surface area contributed by atoms with E-state index in [-0.39, 0.29) is 11.7 Å². The number of phenols is 1. The summed E-state index contributed by atoms with van der Waals surface area (Å²) < 4.78 is 1.66. The van der Waals surface area contributed by atoms with Crippen LogP contribution in [-0.4, -0.2) is 26.2 Å². The van der Waals surface area contributed by atoms with Gasteiger partial charge in [-0.25, -0.2) is 10.1 Å². The second-order valence-electron chi connectivity index (χ2n) is 3.26. The maximum absolute atomic E-state index is 9.75. The molecule has 2 aromatic rings. The van der Waals surface area contributed by atoms with Crippen LogP contribution in [0.3, 0.4) is 0 Å². The van der Waals surface area contributed by atoms with Crippen molar-refractivity contribution in [3.8, 4) is 5.75 Å². The van der Waals surface area contributed by atoms with E-state index < -0.39 is 0 Å². The predicted octanol–water partition coefficient (Wildman–Crippen LogP) is 1.56. The van der Waals surface area contributed by atoms with Crippen LogP contribution in [0.25, 0.3) is 0 Å². The van der Waals surface area contributed by atoms with Gasteiger partial charge in [-0.05, 0) is 28.1 Å². The number of phenolic OH excluding ortho intramolecular Hbond substituents is 1. The Morgan fingerprint density at radius 3 is 3.00 bits per heavy atom. The molecule has 1 heterocycles. The van der Waals surface area contributed by atoms with Crippen LogP contribution in [0.15, 0.2) is 28.0 Å². The highest BCUT2D eigenvalue weighted by Gasteiger charge is 2.05. The molecular formula is C9H8BrClN6O. The quantitative estimate of drug-likeness (QED) is 0.450. The second kappa shape index (κ2) is 5.23. The number of hydrogen-bond acceptors (Lipinski definition) is 6. The number of rotatable bonds is 3. The van der Waals surface area contributed by atoms with Gasteiger partial charge in [0.1, 0.15) is 12.1 Å². The van der Waals surface area contributed by atoms with Crippen molar-refractivity contribution in [2.75, 3.05) is 11.3 Å². The van der Waals surface area contributed by atoms with E-state index in [1.165, 1.54) is 17.2 Å². The molecule has 2 rings (SSSR count). The average Bonchev–Trinajstić information content (AvgIpc) is 2.71. The van der Waals surface area contributed by atoms with Gasteiger partial charge in [0.25, 0.3) is 5.95 Å². The van der Waals surface area contributed by atoms with Gasteiger partial charge in [-0.15, -0.1) is 10.2 Å². The predicted molar refractivity (Wildman–Crippen MR) is 72.2 cm³/mol. The lowest BCUT2D eigenvalue weighted by Gasteiger charge is -2.02. The molecule has 0 aliphatic rings. The first-order valence-electron chi connectivity index (χ1n) is 4.70. The number of benzene rings is 1. The summed E-state index contributed by atoms with van der Waals surface area (Å²) in [6.07, 6.45) is 2.71. The number of hydrogen-bond donors (Lipinski definition) is 3. The van der Waals surface area contributed by atoms with E-state index in [1.807, 2.05) is 0 Å². The number of hydrazone groups is 1. The maximum Gasteiger partial charge on any atom is 0.263 e. The van der Waals surface area contributed by atoms with Crippen LogP contribution in [0, 0.1) is 0 Å². The number of nitrogens with one attached hydrogen (secondary N) is 1. The molecule has 0 saturated heterocycles. The fraction of sp³-hybridized carbons (Fsp3) is 0. The largest absolute Gasteiger partial charge is 0.506 e. The number of nitrogen functional groups attached to an aromatic ring is 1. The highest BCUT2D eigenvalue weighted by Crippen LogP contribution is 2.30. The average molecular weight is 332 g/mol. The molecule has 18 heavy (non-hydrogen) atoms. The van der Waals surface area contributed by atoms with E-state index in [2.05, 4.69) is 36.7 Å². The van der Waals surface area contributed by atoms with Crippen LogP contribution >= 0.6 is 27.5 Å². The molecule has 0 amide bonds. The van der Waals surface area contributed by atoms with Crippen molar-refractivity contribution in [2.24, 2.45) is 5.10 Å². The summed E-state index contributed by atoms with van der Waals surface area (Å²) in [7, 11) is 0. The molecule has 0 atom stereocenters. The number of aromatic hydroxyl groups is 1. The van der Waals surface area contributed by atoms with Crippen molar-refractivity contribution in [1.29, 1.82) is 0 Å². The van der Waals surface area contributed by atoms with Crippen molar-refractivity contribution in [2.45, 2.75) is 0 Å². The van der Waals surface area contributed by atoms with E-state index in [9.17, 15) is 5.11 Å². The minimum Gasteiger partial charge on any atom is -0.506 e. The molecule has 0 aliphatic carbocycles. The number of anilines is 1. The molecule has 0 saturated carbocycles. The zero-order chi connectivity index (χ0) is 13.1. The second-order valence-corrected chi connectivity index (χ2v) is 4.55. The van der Waals surface area contributed by atoms with Crippen LogP contribution in [0.4, 0.5) is 5.95 Å². The maximum atomic E-state index is 9.75. The highest BCUT2D eigenvalue weighted by atomic mass is 79.9. The van der Waals surface area contributed by atoms with Crippen LogP contribution < -0.4 is 11.3 Å². The van der Waals surface area contributed by atoms with Gasteiger partial charge in [0.05, 0.1) is 10.7 Å². The van der Waals surface area contributed by atoms with Gasteiger partial charge in [-0.1, -0.05) is 11.6 Å². The first-order valence-corrected chi connectivity index (χ1v) is 5.87. The molecule has 0 aliphatic heterocycles. The monoisotopic (exact) mass is 330 g/mol. The third-order valence-corrected chi connectivity index (χ3v) is 2.82. The number of nitrogens with zero attached hydrogens (tertiary/aromatic N) is 4. The van der Waals surface area contributed by atoms with E-state index in [0.29, 0.717) is 15.1 Å². The normalized spacial score (nSPS) is 11.0. The van der Waals surface area contributed by atoms with Gasteiger partial charge in [0.15, 0.2) is 0 Å². The summed E-state index contributed by atoms with van der Waals surface area (Å²) in [5.74, 6) is 5.79.